The normalized spacial score (nSPS) is 10.3. The smallest absolute Gasteiger partial charge is 0.135 e. The molecule has 0 atom stereocenters. The van der Waals surface area contributed by atoms with Gasteiger partial charge in [0.05, 0.1) is 6.34 Å². The summed E-state index contributed by atoms with van der Waals surface area (Å²) >= 11 is 5.11. The Labute approximate surface area is 83.9 Å². The van der Waals surface area contributed by atoms with E-state index in [1.54, 1.807) is 6.34 Å². The monoisotopic (exact) mass is 192 g/mol. The number of rotatable bonds is 2. The highest BCUT2D eigenvalue weighted by atomic mass is 32.1. The van der Waals surface area contributed by atoms with Gasteiger partial charge in [-0.1, -0.05) is 42.5 Å². The van der Waals surface area contributed by atoms with Gasteiger partial charge in [0.15, 0.2) is 0 Å². The minimum absolute atomic E-state index is 0.620. The summed E-state index contributed by atoms with van der Waals surface area (Å²) in [6.45, 7) is 0. The first kappa shape index (κ1) is 9.86. The van der Waals surface area contributed by atoms with Gasteiger partial charge in [0.1, 0.15) is 4.99 Å². The number of nitrogens with zero attached hydrogens (tertiary/aromatic N) is 2. The Kier molecular flexibility index (Phi) is 3.58. The first-order valence-electron chi connectivity index (χ1n) is 4.00. The van der Waals surface area contributed by atoms with Crippen molar-refractivity contribution < 1.29 is 0 Å². The van der Waals surface area contributed by atoms with Crippen molar-refractivity contribution in [3.63, 3.8) is 0 Å². The second-order valence-corrected chi connectivity index (χ2v) is 3.27. The quantitative estimate of drug-likeness (QED) is 0.404. The van der Waals surface area contributed by atoms with Crippen LogP contribution in [0.25, 0.3) is 0 Å². The molecule has 0 aliphatic heterocycles. The predicted molar refractivity (Wildman–Crippen MR) is 60.3 cm³/mol. The van der Waals surface area contributed by atoms with Crippen LogP contribution in [0.3, 0.4) is 0 Å². The molecule has 0 aliphatic rings. The van der Waals surface area contributed by atoms with Crippen LogP contribution in [-0.2, 0) is 0 Å². The van der Waals surface area contributed by atoms with Gasteiger partial charge in [0.25, 0.3) is 0 Å². The van der Waals surface area contributed by atoms with Gasteiger partial charge < -0.3 is 4.90 Å². The van der Waals surface area contributed by atoms with Crippen molar-refractivity contribution in [1.82, 2.24) is 4.90 Å². The molecular formula is C10H12N2S. The second-order valence-electron chi connectivity index (χ2n) is 2.88. The molecular weight excluding hydrogens is 180 g/mol. The van der Waals surface area contributed by atoms with E-state index in [0.717, 1.165) is 5.56 Å². The number of hydrogen-bond donors (Lipinski definition) is 0. The maximum absolute atomic E-state index is 5.11. The molecule has 0 N–H and O–H groups in total. The predicted octanol–water partition coefficient (Wildman–Crippen LogP) is 1.95. The molecule has 0 spiro atoms. The van der Waals surface area contributed by atoms with Gasteiger partial charge >= 0.3 is 0 Å². The fraction of sp³-hybridized carbons (Fsp3) is 0.200. The van der Waals surface area contributed by atoms with E-state index in [4.69, 9.17) is 12.2 Å². The zero-order valence-corrected chi connectivity index (χ0v) is 8.58. The van der Waals surface area contributed by atoms with Crippen molar-refractivity contribution in [3.8, 4) is 0 Å². The molecule has 1 aromatic carbocycles. The maximum atomic E-state index is 5.11. The van der Waals surface area contributed by atoms with E-state index in [1.807, 2.05) is 49.3 Å². The molecule has 1 aromatic rings. The van der Waals surface area contributed by atoms with Gasteiger partial charge in [-0.2, -0.15) is 0 Å². The van der Waals surface area contributed by atoms with Gasteiger partial charge in [-0.15, -0.1) is 0 Å². The lowest BCUT2D eigenvalue weighted by molar-refractivity contribution is 0.644. The highest BCUT2D eigenvalue weighted by molar-refractivity contribution is 7.80. The lowest BCUT2D eigenvalue weighted by Gasteiger charge is -2.02. The van der Waals surface area contributed by atoms with Crippen LogP contribution in [0.1, 0.15) is 5.56 Å². The third-order valence-corrected chi connectivity index (χ3v) is 1.77. The van der Waals surface area contributed by atoms with Crippen LogP contribution in [0.4, 0.5) is 0 Å². The van der Waals surface area contributed by atoms with Gasteiger partial charge in [-0.05, 0) is 0 Å². The van der Waals surface area contributed by atoms with Crippen molar-refractivity contribution in [3.05, 3.63) is 35.9 Å². The Bertz CT molecular complexity index is 304. The number of hydrogen-bond acceptors (Lipinski definition) is 1. The van der Waals surface area contributed by atoms with Gasteiger partial charge in [-0.3, -0.25) is 0 Å². The number of benzene rings is 1. The summed E-state index contributed by atoms with van der Waals surface area (Å²) in [6.07, 6.45) is 1.70. The third kappa shape index (κ3) is 3.34. The molecule has 0 heterocycles. The van der Waals surface area contributed by atoms with Crippen molar-refractivity contribution in [1.29, 1.82) is 0 Å². The minimum atomic E-state index is 0.620. The Morgan fingerprint density at radius 3 is 2.46 bits per heavy atom. The maximum Gasteiger partial charge on any atom is 0.135 e. The van der Waals surface area contributed by atoms with Crippen molar-refractivity contribution in [2.75, 3.05) is 14.1 Å². The van der Waals surface area contributed by atoms with E-state index in [0.29, 0.717) is 4.99 Å². The summed E-state index contributed by atoms with van der Waals surface area (Å²) in [7, 11) is 3.83. The molecule has 0 saturated heterocycles. The summed E-state index contributed by atoms with van der Waals surface area (Å²) in [5.74, 6) is 0. The minimum Gasteiger partial charge on any atom is -0.369 e. The van der Waals surface area contributed by atoms with Crippen LogP contribution < -0.4 is 0 Å². The standard InChI is InChI=1S/C10H12N2S/c1-12(2)8-11-10(13)9-6-4-3-5-7-9/h3-8H,1-2H3/b11-8+. The lowest BCUT2D eigenvalue weighted by Crippen LogP contribution is -2.09. The zero-order valence-electron chi connectivity index (χ0n) is 7.77. The molecule has 0 radical (unpaired) electrons. The molecule has 1 rings (SSSR count). The van der Waals surface area contributed by atoms with E-state index in [2.05, 4.69) is 4.99 Å². The lowest BCUT2D eigenvalue weighted by atomic mass is 10.2. The van der Waals surface area contributed by atoms with Crippen LogP contribution in [0.15, 0.2) is 35.3 Å². The molecule has 0 saturated carbocycles. The SMILES string of the molecule is CN(C)/C=N/C(=S)c1ccccc1. The zero-order chi connectivity index (χ0) is 9.68. The van der Waals surface area contributed by atoms with E-state index in [-0.39, 0.29) is 0 Å². The summed E-state index contributed by atoms with van der Waals surface area (Å²) in [5, 5.41) is 0. The highest BCUT2D eigenvalue weighted by Gasteiger charge is 1.95. The average Bonchev–Trinajstić information content (AvgIpc) is 2.15. The van der Waals surface area contributed by atoms with E-state index < -0.39 is 0 Å². The summed E-state index contributed by atoms with van der Waals surface area (Å²) in [5.41, 5.74) is 0.982. The molecule has 68 valence electrons. The molecule has 0 aliphatic carbocycles. The Morgan fingerprint density at radius 1 is 1.31 bits per heavy atom. The van der Waals surface area contributed by atoms with Crippen molar-refractivity contribution in [2.24, 2.45) is 4.99 Å². The average molecular weight is 192 g/mol. The van der Waals surface area contributed by atoms with Crippen LogP contribution in [-0.4, -0.2) is 30.3 Å². The molecule has 0 fully saturated rings. The van der Waals surface area contributed by atoms with Crippen molar-refractivity contribution in [2.45, 2.75) is 0 Å². The summed E-state index contributed by atoms with van der Waals surface area (Å²) in [6, 6.07) is 9.77. The topological polar surface area (TPSA) is 15.6 Å². The molecule has 0 unspecified atom stereocenters. The van der Waals surface area contributed by atoms with Gasteiger partial charge in [-0.25, -0.2) is 4.99 Å². The van der Waals surface area contributed by atoms with Crippen LogP contribution >= 0.6 is 12.2 Å². The Balaban J connectivity index is 2.70. The first-order chi connectivity index (χ1) is 6.20. The Morgan fingerprint density at radius 2 is 1.92 bits per heavy atom. The fourth-order valence-corrected chi connectivity index (χ4v) is 1.01. The first-order valence-corrected chi connectivity index (χ1v) is 4.41. The number of aliphatic imine (C=N–C) groups is 1. The Hall–Kier alpha value is -1.22. The summed E-state index contributed by atoms with van der Waals surface area (Å²) < 4.78 is 0. The van der Waals surface area contributed by atoms with E-state index in [9.17, 15) is 0 Å². The highest BCUT2D eigenvalue weighted by Crippen LogP contribution is 2.01. The number of thiocarbonyl (C=S) groups is 1. The van der Waals surface area contributed by atoms with Gasteiger partial charge in [0.2, 0.25) is 0 Å². The molecule has 0 amide bonds. The second kappa shape index (κ2) is 4.72. The molecule has 13 heavy (non-hydrogen) atoms. The van der Waals surface area contributed by atoms with Crippen molar-refractivity contribution >= 4 is 23.5 Å². The van der Waals surface area contributed by atoms with E-state index in [1.165, 1.54) is 0 Å². The largest absolute Gasteiger partial charge is 0.369 e. The van der Waals surface area contributed by atoms with Crippen LogP contribution in [0.5, 0.6) is 0 Å². The van der Waals surface area contributed by atoms with Crippen LogP contribution in [0.2, 0.25) is 0 Å². The molecule has 0 bridgehead atoms. The molecule has 0 aromatic heterocycles. The van der Waals surface area contributed by atoms with Crippen LogP contribution in [0, 0.1) is 0 Å². The summed E-state index contributed by atoms with van der Waals surface area (Å²) in [4.78, 5) is 6.60. The fourth-order valence-electron chi connectivity index (χ4n) is 0.823. The molecule has 3 heteroatoms. The third-order valence-electron chi connectivity index (χ3n) is 1.43. The molecule has 2 nitrogen and oxygen atoms in total. The van der Waals surface area contributed by atoms with E-state index >= 15 is 0 Å². The van der Waals surface area contributed by atoms with Gasteiger partial charge in [0, 0.05) is 19.7 Å².